The zero-order valence-corrected chi connectivity index (χ0v) is 16.4. The van der Waals surface area contributed by atoms with E-state index in [1.165, 1.54) is 6.07 Å². The second-order valence-corrected chi connectivity index (χ2v) is 8.29. The normalized spacial score (nSPS) is 14.9. The molecule has 6 nitrogen and oxygen atoms in total. The van der Waals surface area contributed by atoms with E-state index in [0.717, 1.165) is 50.1 Å². The van der Waals surface area contributed by atoms with Crippen LogP contribution in [0, 0.1) is 5.92 Å². The summed E-state index contributed by atoms with van der Waals surface area (Å²) < 4.78 is 7.59. The van der Waals surface area contributed by atoms with Crippen LogP contribution in [0.4, 0.5) is 4.79 Å². The molecule has 0 radical (unpaired) electrons. The van der Waals surface area contributed by atoms with E-state index in [4.69, 9.17) is 4.74 Å². The lowest BCUT2D eigenvalue weighted by atomic mass is 10.2. The van der Waals surface area contributed by atoms with Crippen LogP contribution in [0.3, 0.4) is 0 Å². The molecule has 1 amide bonds. The third-order valence-electron chi connectivity index (χ3n) is 4.18. The van der Waals surface area contributed by atoms with Gasteiger partial charge in [-0.25, -0.2) is 9.10 Å². The molecule has 2 rings (SSSR count). The second kappa shape index (κ2) is 10.5. The van der Waals surface area contributed by atoms with Gasteiger partial charge in [-0.15, -0.1) is 0 Å². The Balaban J connectivity index is 1.74. The van der Waals surface area contributed by atoms with Crippen molar-refractivity contribution in [2.24, 2.45) is 5.92 Å². The lowest BCUT2D eigenvalue weighted by Gasteiger charge is -2.23. The molecule has 26 heavy (non-hydrogen) atoms. The predicted octanol–water partition coefficient (Wildman–Crippen LogP) is 4.12. The van der Waals surface area contributed by atoms with E-state index in [1.807, 2.05) is 0 Å². The molecule has 0 spiro atoms. The standard InChI is InChI=1S/C19H30N2O4S/c1-14(2)13-21(26-16-8-9-17(22)18(23)12-16)11-5-10-20-19(24)25-15-6-3-4-7-15/h8-9,12,14-15,22-23H,3-7,10-11,13H2,1-2H3,(H,20,24). The third-order valence-corrected chi connectivity index (χ3v) is 5.23. The highest BCUT2D eigenvalue weighted by molar-refractivity contribution is 7.97. The zero-order valence-electron chi connectivity index (χ0n) is 15.6. The number of phenols is 2. The van der Waals surface area contributed by atoms with Gasteiger partial charge in [-0.2, -0.15) is 0 Å². The van der Waals surface area contributed by atoms with E-state index in [-0.39, 0.29) is 23.7 Å². The molecule has 0 saturated heterocycles. The van der Waals surface area contributed by atoms with Gasteiger partial charge in [0.2, 0.25) is 0 Å². The van der Waals surface area contributed by atoms with Gasteiger partial charge in [0.1, 0.15) is 6.10 Å². The topological polar surface area (TPSA) is 82.0 Å². The Morgan fingerprint density at radius 2 is 2.04 bits per heavy atom. The molecule has 1 fully saturated rings. The summed E-state index contributed by atoms with van der Waals surface area (Å²) in [5, 5.41) is 21.9. The van der Waals surface area contributed by atoms with Crippen LogP contribution in [-0.4, -0.2) is 46.3 Å². The van der Waals surface area contributed by atoms with Crippen LogP contribution < -0.4 is 5.32 Å². The largest absolute Gasteiger partial charge is 0.504 e. The maximum absolute atomic E-state index is 11.8. The lowest BCUT2D eigenvalue weighted by molar-refractivity contribution is 0.101. The van der Waals surface area contributed by atoms with Crippen molar-refractivity contribution in [3.05, 3.63) is 18.2 Å². The van der Waals surface area contributed by atoms with E-state index >= 15 is 0 Å². The van der Waals surface area contributed by atoms with E-state index in [2.05, 4.69) is 23.5 Å². The maximum Gasteiger partial charge on any atom is 0.407 e. The molecular weight excluding hydrogens is 352 g/mol. The number of benzene rings is 1. The van der Waals surface area contributed by atoms with E-state index < -0.39 is 0 Å². The highest BCUT2D eigenvalue weighted by atomic mass is 32.2. The van der Waals surface area contributed by atoms with Gasteiger partial charge in [-0.05, 0) is 68.2 Å². The van der Waals surface area contributed by atoms with Crippen molar-refractivity contribution < 1.29 is 19.7 Å². The van der Waals surface area contributed by atoms with E-state index in [0.29, 0.717) is 12.5 Å². The summed E-state index contributed by atoms with van der Waals surface area (Å²) in [7, 11) is 0. The van der Waals surface area contributed by atoms with E-state index in [9.17, 15) is 15.0 Å². The van der Waals surface area contributed by atoms with Crippen molar-refractivity contribution in [1.82, 2.24) is 9.62 Å². The molecule has 0 unspecified atom stereocenters. The van der Waals surface area contributed by atoms with E-state index in [1.54, 1.807) is 24.1 Å². The zero-order chi connectivity index (χ0) is 18.9. The molecule has 3 N–H and O–H groups in total. The third kappa shape index (κ3) is 7.33. The molecular formula is C19H30N2O4S. The Morgan fingerprint density at radius 3 is 2.69 bits per heavy atom. The molecule has 1 aliphatic rings. The van der Waals surface area contributed by atoms with Gasteiger partial charge < -0.3 is 20.3 Å². The number of hydrogen-bond donors (Lipinski definition) is 3. The summed E-state index contributed by atoms with van der Waals surface area (Å²) in [6, 6.07) is 4.83. The Bertz CT molecular complexity index is 577. The van der Waals surface area contributed by atoms with Gasteiger partial charge in [-0.3, -0.25) is 0 Å². The summed E-state index contributed by atoms with van der Waals surface area (Å²) in [4.78, 5) is 12.6. The van der Waals surface area contributed by atoms with Crippen LogP contribution in [-0.2, 0) is 4.74 Å². The number of phenolic OH excluding ortho intramolecular Hbond substituents is 2. The highest BCUT2D eigenvalue weighted by Crippen LogP contribution is 2.32. The Labute approximate surface area is 160 Å². The number of alkyl carbamates (subject to hydrolysis) is 1. The van der Waals surface area contributed by atoms with Gasteiger partial charge in [0.25, 0.3) is 0 Å². The number of nitrogens with one attached hydrogen (secondary N) is 1. The Kier molecular flexibility index (Phi) is 8.38. The average molecular weight is 383 g/mol. The van der Waals surface area contributed by atoms with Crippen LogP contribution in [0.25, 0.3) is 0 Å². The number of amides is 1. The van der Waals surface area contributed by atoms with Gasteiger partial charge in [0, 0.05) is 24.5 Å². The molecule has 0 aromatic heterocycles. The van der Waals surface area contributed by atoms with Crippen molar-refractivity contribution >= 4 is 18.0 Å². The first-order valence-electron chi connectivity index (χ1n) is 9.33. The summed E-state index contributed by atoms with van der Waals surface area (Å²) >= 11 is 1.54. The summed E-state index contributed by atoms with van der Waals surface area (Å²) in [6.45, 7) is 6.56. The first kappa shape index (κ1) is 20.7. The second-order valence-electron chi connectivity index (χ2n) is 7.12. The minimum absolute atomic E-state index is 0.0881. The van der Waals surface area contributed by atoms with Gasteiger partial charge in [0.05, 0.1) is 0 Å². The fraction of sp³-hybridized carbons (Fsp3) is 0.632. The van der Waals surface area contributed by atoms with Crippen LogP contribution >= 0.6 is 11.9 Å². The maximum atomic E-state index is 11.8. The lowest BCUT2D eigenvalue weighted by Crippen LogP contribution is -2.31. The number of carbonyl (C=O) groups excluding carboxylic acids is 1. The van der Waals surface area contributed by atoms with Gasteiger partial charge in [-0.1, -0.05) is 13.8 Å². The fourth-order valence-corrected chi connectivity index (χ4v) is 4.12. The molecule has 0 bridgehead atoms. The van der Waals surface area contributed by atoms with Crippen molar-refractivity contribution in [1.29, 1.82) is 0 Å². The molecule has 0 atom stereocenters. The van der Waals surface area contributed by atoms with Gasteiger partial charge in [0.15, 0.2) is 11.5 Å². The SMILES string of the molecule is CC(C)CN(CCCNC(=O)OC1CCCC1)Sc1ccc(O)c(O)c1. The number of carbonyl (C=O) groups is 1. The summed E-state index contributed by atoms with van der Waals surface area (Å²) in [5.74, 6) is 0.263. The molecule has 0 heterocycles. The van der Waals surface area contributed by atoms with Gasteiger partial charge >= 0.3 is 6.09 Å². The van der Waals surface area contributed by atoms with Crippen molar-refractivity contribution in [2.75, 3.05) is 19.6 Å². The molecule has 0 aliphatic heterocycles. The minimum Gasteiger partial charge on any atom is -0.504 e. The van der Waals surface area contributed by atoms with Crippen LogP contribution in [0.5, 0.6) is 11.5 Å². The van der Waals surface area contributed by atoms with Crippen LogP contribution in [0.15, 0.2) is 23.1 Å². The fourth-order valence-electron chi connectivity index (χ4n) is 2.94. The van der Waals surface area contributed by atoms with Crippen molar-refractivity contribution in [3.63, 3.8) is 0 Å². The molecule has 1 saturated carbocycles. The number of ether oxygens (including phenoxy) is 1. The quantitative estimate of drug-likeness (QED) is 0.339. The minimum atomic E-state index is -0.316. The number of rotatable bonds is 9. The molecule has 1 aromatic rings. The monoisotopic (exact) mass is 382 g/mol. The number of aromatic hydroxyl groups is 2. The van der Waals surface area contributed by atoms with Crippen LogP contribution in [0.2, 0.25) is 0 Å². The van der Waals surface area contributed by atoms with Crippen LogP contribution in [0.1, 0.15) is 46.0 Å². The highest BCUT2D eigenvalue weighted by Gasteiger charge is 2.19. The first-order valence-corrected chi connectivity index (χ1v) is 10.1. The number of nitrogens with zero attached hydrogens (tertiary/aromatic N) is 1. The molecule has 7 heteroatoms. The Hall–Kier alpha value is -1.60. The van der Waals surface area contributed by atoms with Crippen molar-refractivity contribution in [3.8, 4) is 11.5 Å². The van der Waals surface area contributed by atoms with Crippen molar-refractivity contribution in [2.45, 2.75) is 57.0 Å². The smallest absolute Gasteiger partial charge is 0.407 e. The molecule has 146 valence electrons. The predicted molar refractivity (Wildman–Crippen MR) is 103 cm³/mol. The molecule has 1 aromatic carbocycles. The first-order chi connectivity index (χ1) is 12.4. The summed E-state index contributed by atoms with van der Waals surface area (Å²) in [5.41, 5.74) is 0. The Morgan fingerprint density at radius 1 is 1.31 bits per heavy atom. The molecule has 1 aliphatic carbocycles. The average Bonchev–Trinajstić information content (AvgIpc) is 3.07. The summed E-state index contributed by atoms with van der Waals surface area (Å²) in [6.07, 6.45) is 4.83. The number of hydrogen-bond acceptors (Lipinski definition) is 6.